The molecule has 1 atom stereocenters. The van der Waals surface area contributed by atoms with E-state index >= 15 is 0 Å². The van der Waals surface area contributed by atoms with Crippen LogP contribution in [0.2, 0.25) is 0 Å². The van der Waals surface area contributed by atoms with Gasteiger partial charge < -0.3 is 29.8 Å². The quantitative estimate of drug-likeness (QED) is 0.504. The van der Waals surface area contributed by atoms with Crippen molar-refractivity contribution in [1.29, 1.82) is 0 Å². The molecule has 102 valence electrons. The molecule has 1 unspecified atom stereocenters. The number of fused-ring (bicyclic) bond motifs is 1. The molecule has 1 aliphatic rings. The molecule has 0 radical (unpaired) electrons. The van der Waals surface area contributed by atoms with E-state index in [1.165, 1.54) is 12.0 Å². The number of hydrogen-bond acceptors (Lipinski definition) is 0. The van der Waals surface area contributed by atoms with Crippen LogP contribution >= 0.6 is 0 Å². The van der Waals surface area contributed by atoms with Crippen molar-refractivity contribution < 1.29 is 51.0 Å². The normalized spacial score (nSPS) is 14.4. The molecule has 0 spiro atoms. The van der Waals surface area contributed by atoms with Gasteiger partial charge in [-0.15, -0.1) is 11.8 Å². The summed E-state index contributed by atoms with van der Waals surface area (Å²) < 4.78 is 0. The van der Waals surface area contributed by atoms with Gasteiger partial charge >= 0.3 is 26.2 Å². The number of H-pyrrole nitrogens is 1. The van der Waals surface area contributed by atoms with E-state index in [4.69, 9.17) is 0 Å². The van der Waals surface area contributed by atoms with E-state index in [-0.39, 0.29) is 51.0 Å². The predicted octanol–water partition coefficient (Wildman–Crippen LogP) is -2.19. The fourth-order valence-corrected chi connectivity index (χ4v) is 2.59. The fourth-order valence-electron chi connectivity index (χ4n) is 2.59. The molecule has 1 aromatic heterocycles. The Labute approximate surface area is 147 Å². The standard InChI is InChI=1S/C11H15.C4H4N.2ClH.Zr/c1-6-5-10-8(3)7(2)9(4)11(6)10;1-2-4-5-3-1;;;/h6H,5H2,1-4H3;1-3,5H;2*1H;/q2*-1;;;+4/p-2. The van der Waals surface area contributed by atoms with Gasteiger partial charge in [0.05, 0.1) is 0 Å². The summed E-state index contributed by atoms with van der Waals surface area (Å²) in [5.41, 5.74) is 7.93. The predicted molar refractivity (Wildman–Crippen MR) is 68.0 cm³/mol. The second-order valence-corrected chi connectivity index (χ2v) is 4.69. The number of aromatic nitrogens is 1. The average molecular weight is 375 g/mol. The smallest absolute Gasteiger partial charge is 1.00 e. The van der Waals surface area contributed by atoms with Crippen LogP contribution in [0, 0.1) is 27.0 Å². The molecule has 1 aliphatic carbocycles. The van der Waals surface area contributed by atoms with Crippen molar-refractivity contribution in [2.24, 2.45) is 0 Å². The van der Waals surface area contributed by atoms with Gasteiger partial charge in [-0.25, -0.2) is 0 Å². The van der Waals surface area contributed by atoms with Crippen molar-refractivity contribution in [2.75, 3.05) is 0 Å². The fraction of sp³-hybridized carbons (Fsp3) is 0.400. The van der Waals surface area contributed by atoms with Crippen molar-refractivity contribution in [1.82, 2.24) is 4.98 Å². The minimum atomic E-state index is 0. The summed E-state index contributed by atoms with van der Waals surface area (Å²) in [5, 5.41) is 0. The van der Waals surface area contributed by atoms with Crippen LogP contribution < -0.4 is 24.8 Å². The molecule has 3 rings (SSSR count). The van der Waals surface area contributed by atoms with Crippen LogP contribution in [0.1, 0.15) is 40.7 Å². The van der Waals surface area contributed by atoms with E-state index in [1.807, 2.05) is 18.3 Å². The van der Waals surface area contributed by atoms with E-state index in [2.05, 4.69) is 38.9 Å². The van der Waals surface area contributed by atoms with E-state index in [0.717, 1.165) is 5.92 Å². The van der Waals surface area contributed by atoms with Gasteiger partial charge in [-0.2, -0.15) is 40.6 Å². The van der Waals surface area contributed by atoms with Gasteiger partial charge in [-0.1, -0.05) is 40.0 Å². The van der Waals surface area contributed by atoms with E-state index in [1.54, 1.807) is 22.3 Å². The summed E-state index contributed by atoms with van der Waals surface area (Å²) in [4.78, 5) is 2.74. The summed E-state index contributed by atoms with van der Waals surface area (Å²) in [6.45, 7) is 9.09. The maximum absolute atomic E-state index is 2.74. The molecule has 0 amide bonds. The molecule has 0 aliphatic heterocycles. The molecule has 1 heterocycles. The Morgan fingerprint density at radius 1 is 1.21 bits per heavy atom. The van der Waals surface area contributed by atoms with Gasteiger partial charge in [0.15, 0.2) is 0 Å². The van der Waals surface area contributed by atoms with Gasteiger partial charge in [0, 0.05) is 0 Å². The van der Waals surface area contributed by atoms with Crippen LogP contribution in [0.5, 0.6) is 0 Å². The largest absolute Gasteiger partial charge is 4.00 e. The van der Waals surface area contributed by atoms with Crippen molar-refractivity contribution in [3.05, 3.63) is 52.3 Å². The van der Waals surface area contributed by atoms with Gasteiger partial charge in [0.25, 0.3) is 0 Å². The topological polar surface area (TPSA) is 15.8 Å². The molecule has 1 N–H and O–H groups in total. The molecule has 0 saturated heterocycles. The Morgan fingerprint density at radius 3 is 2.11 bits per heavy atom. The van der Waals surface area contributed by atoms with Crippen molar-refractivity contribution in [3.63, 3.8) is 0 Å². The Kier molecular flexibility index (Phi) is 10.3. The zero-order valence-corrected chi connectivity index (χ0v) is 15.7. The molecule has 0 fully saturated rings. The second kappa shape index (κ2) is 9.11. The minimum absolute atomic E-state index is 0. The summed E-state index contributed by atoms with van der Waals surface area (Å²) in [6.07, 6.45) is 5.87. The number of rotatable bonds is 0. The number of hydrogen-bond donors (Lipinski definition) is 1. The third-order valence-corrected chi connectivity index (χ3v) is 3.75. The first-order valence-electron chi connectivity index (χ1n) is 5.87. The van der Waals surface area contributed by atoms with Crippen LogP contribution in [-0.4, -0.2) is 4.98 Å². The van der Waals surface area contributed by atoms with Gasteiger partial charge in [-0.3, -0.25) is 0 Å². The van der Waals surface area contributed by atoms with Crippen LogP contribution in [0.25, 0.3) is 0 Å². The first kappa shape index (κ1) is 21.4. The van der Waals surface area contributed by atoms with Crippen molar-refractivity contribution in [2.45, 2.75) is 40.0 Å². The van der Waals surface area contributed by atoms with Gasteiger partial charge in [0.1, 0.15) is 0 Å². The van der Waals surface area contributed by atoms with Gasteiger partial charge in [-0.05, 0) is 0 Å². The molecular formula is C15H19Cl2NZr. The summed E-state index contributed by atoms with van der Waals surface area (Å²) in [5.74, 6) is 0.831. The molecule has 19 heavy (non-hydrogen) atoms. The second-order valence-electron chi connectivity index (χ2n) is 4.69. The van der Waals surface area contributed by atoms with Gasteiger partial charge in [0.2, 0.25) is 0 Å². The Balaban J connectivity index is 0. The summed E-state index contributed by atoms with van der Waals surface area (Å²) >= 11 is 0. The zero-order chi connectivity index (χ0) is 11.7. The molecule has 0 bridgehead atoms. The molecule has 0 saturated carbocycles. The molecule has 1 aromatic carbocycles. The first-order valence-corrected chi connectivity index (χ1v) is 5.87. The molecule has 2 aromatic rings. The van der Waals surface area contributed by atoms with E-state index in [9.17, 15) is 0 Å². The monoisotopic (exact) mass is 373 g/mol. The molecule has 1 nitrogen and oxygen atoms in total. The SMILES string of the molecule is Cc1c(C)c2[c-](c1C)C(C)C2.[Cl-].[Cl-].[Zr+4].[c-]1ccc[nH]1. The third kappa shape index (κ3) is 4.28. The zero-order valence-electron chi connectivity index (χ0n) is 11.8. The first-order chi connectivity index (χ1) is 7.63. The summed E-state index contributed by atoms with van der Waals surface area (Å²) in [6, 6.07) is 3.71. The van der Waals surface area contributed by atoms with E-state index in [0.29, 0.717) is 0 Å². The van der Waals surface area contributed by atoms with Crippen LogP contribution in [0.4, 0.5) is 0 Å². The van der Waals surface area contributed by atoms with Crippen LogP contribution in [0.3, 0.4) is 0 Å². The molecule has 4 heteroatoms. The number of aromatic amines is 1. The minimum Gasteiger partial charge on any atom is -1.00 e. The third-order valence-electron chi connectivity index (χ3n) is 3.75. The van der Waals surface area contributed by atoms with Crippen LogP contribution in [-0.2, 0) is 32.6 Å². The number of nitrogens with one attached hydrogen (secondary N) is 1. The Hall–Kier alpha value is 0.0931. The maximum atomic E-state index is 2.74. The van der Waals surface area contributed by atoms with Crippen LogP contribution in [0.15, 0.2) is 18.3 Å². The van der Waals surface area contributed by atoms with E-state index < -0.39 is 0 Å². The van der Waals surface area contributed by atoms with Crippen molar-refractivity contribution in [3.8, 4) is 0 Å². The number of halogens is 2. The maximum Gasteiger partial charge on any atom is 4.00 e. The van der Waals surface area contributed by atoms with Crippen molar-refractivity contribution >= 4 is 0 Å². The Morgan fingerprint density at radius 2 is 1.84 bits per heavy atom. The average Bonchev–Trinajstić information content (AvgIpc) is 2.85. The Bertz CT molecular complexity index is 438. The summed E-state index contributed by atoms with van der Waals surface area (Å²) in [7, 11) is 0. The molecular weight excluding hydrogens is 356 g/mol.